The van der Waals surface area contributed by atoms with Crippen molar-refractivity contribution in [1.29, 1.82) is 0 Å². The molecule has 0 aliphatic carbocycles. The van der Waals surface area contributed by atoms with Crippen LogP contribution in [0.4, 0.5) is 0 Å². The van der Waals surface area contributed by atoms with E-state index in [0.29, 0.717) is 17.5 Å². The van der Waals surface area contributed by atoms with E-state index in [1.54, 1.807) is 0 Å². The zero-order valence-electron chi connectivity index (χ0n) is 26.6. The van der Waals surface area contributed by atoms with Crippen LogP contribution in [0.3, 0.4) is 0 Å². The van der Waals surface area contributed by atoms with Crippen LogP contribution < -0.4 is 0 Å². The number of aromatic nitrogens is 4. The summed E-state index contributed by atoms with van der Waals surface area (Å²) < 4.78 is 2.34. The van der Waals surface area contributed by atoms with Crippen molar-refractivity contribution in [2.24, 2.45) is 0 Å². The van der Waals surface area contributed by atoms with Crippen LogP contribution in [-0.4, -0.2) is 19.5 Å². The predicted molar refractivity (Wildman–Crippen MR) is 201 cm³/mol. The molecule has 0 spiro atoms. The molecule has 9 aromatic rings. The molecule has 0 saturated heterocycles. The van der Waals surface area contributed by atoms with Crippen LogP contribution in [-0.2, 0) is 0 Å². The largest absolute Gasteiger partial charge is 0.309 e. The van der Waals surface area contributed by atoms with Crippen molar-refractivity contribution < 1.29 is 0 Å². The summed E-state index contributed by atoms with van der Waals surface area (Å²) in [5.41, 5.74) is 10.9. The minimum atomic E-state index is 0.632. The molecule has 9 rings (SSSR count). The van der Waals surface area contributed by atoms with E-state index in [9.17, 15) is 0 Å². The Labute approximate surface area is 284 Å². The Morgan fingerprint density at radius 2 is 0.714 bits per heavy atom. The molecule has 4 nitrogen and oxygen atoms in total. The second-order valence-corrected chi connectivity index (χ2v) is 12.1. The van der Waals surface area contributed by atoms with Gasteiger partial charge in [-0.3, -0.25) is 0 Å². The fraction of sp³-hybridized carbons (Fsp3) is 0. The second kappa shape index (κ2) is 12.2. The van der Waals surface area contributed by atoms with E-state index in [1.165, 1.54) is 27.5 Å². The quantitative estimate of drug-likeness (QED) is 0.184. The van der Waals surface area contributed by atoms with Gasteiger partial charge < -0.3 is 4.57 Å². The molecule has 0 unspecified atom stereocenters. The molecule has 230 valence electrons. The van der Waals surface area contributed by atoms with E-state index in [4.69, 9.17) is 15.0 Å². The van der Waals surface area contributed by atoms with Gasteiger partial charge >= 0.3 is 0 Å². The maximum atomic E-state index is 5.09. The highest BCUT2D eigenvalue weighted by Gasteiger charge is 2.17. The third-order valence-corrected chi connectivity index (χ3v) is 9.06. The number of para-hydroxylation sites is 1. The molecular weight excluding hydrogens is 597 g/mol. The fourth-order valence-electron chi connectivity index (χ4n) is 6.62. The van der Waals surface area contributed by atoms with Crippen molar-refractivity contribution in [2.75, 3.05) is 0 Å². The van der Waals surface area contributed by atoms with Gasteiger partial charge in [0.25, 0.3) is 0 Å². The first kappa shape index (κ1) is 28.6. The molecule has 0 N–H and O–H groups in total. The zero-order chi connectivity index (χ0) is 32.6. The van der Waals surface area contributed by atoms with Crippen molar-refractivity contribution in [3.63, 3.8) is 0 Å². The van der Waals surface area contributed by atoms with Crippen molar-refractivity contribution >= 4 is 21.8 Å². The molecule has 49 heavy (non-hydrogen) atoms. The number of hydrogen-bond acceptors (Lipinski definition) is 3. The molecule has 2 heterocycles. The Hall–Kier alpha value is -6.65. The van der Waals surface area contributed by atoms with Gasteiger partial charge in [0.05, 0.1) is 11.0 Å². The smallest absolute Gasteiger partial charge is 0.164 e. The predicted octanol–water partition coefficient (Wildman–Crippen LogP) is 11.3. The van der Waals surface area contributed by atoms with Gasteiger partial charge in [-0.05, 0) is 52.6 Å². The van der Waals surface area contributed by atoms with Gasteiger partial charge in [-0.2, -0.15) is 0 Å². The lowest BCUT2D eigenvalue weighted by molar-refractivity contribution is 1.07. The molecule has 0 radical (unpaired) electrons. The summed E-state index contributed by atoms with van der Waals surface area (Å²) in [6.45, 7) is 0. The van der Waals surface area contributed by atoms with E-state index < -0.39 is 0 Å². The van der Waals surface area contributed by atoms with Gasteiger partial charge in [-0.15, -0.1) is 0 Å². The highest BCUT2D eigenvalue weighted by atomic mass is 15.0. The fourth-order valence-corrected chi connectivity index (χ4v) is 6.62. The van der Waals surface area contributed by atoms with Gasteiger partial charge in [0.15, 0.2) is 17.5 Å². The maximum Gasteiger partial charge on any atom is 0.164 e. The Morgan fingerprint density at radius 1 is 0.286 bits per heavy atom. The minimum absolute atomic E-state index is 0.632. The third-order valence-electron chi connectivity index (χ3n) is 9.06. The molecule has 0 amide bonds. The summed E-state index contributed by atoms with van der Waals surface area (Å²) in [6.07, 6.45) is 0. The summed E-state index contributed by atoms with van der Waals surface area (Å²) in [4.78, 5) is 15.1. The second-order valence-electron chi connectivity index (χ2n) is 12.1. The highest BCUT2D eigenvalue weighted by Crippen LogP contribution is 2.37. The van der Waals surface area contributed by atoms with Gasteiger partial charge in [0, 0.05) is 33.2 Å². The Bertz CT molecular complexity index is 2560. The number of benzene rings is 7. The standard InChI is InChI=1S/C45H30N4/c1-5-13-31(14-6-1)33-21-23-35(24-22-33)44-46-43(34-17-9-3-10-18-34)47-45(48-44)37-25-27-39-40-29-36(32-15-7-2-8-16-32)26-28-41(40)49(42(39)30-37)38-19-11-4-12-20-38/h1-30H. The summed E-state index contributed by atoms with van der Waals surface area (Å²) in [6, 6.07) is 63.4. The van der Waals surface area contributed by atoms with Crippen LogP contribution in [0.1, 0.15) is 0 Å². The third kappa shape index (κ3) is 5.35. The lowest BCUT2D eigenvalue weighted by Gasteiger charge is -2.11. The summed E-state index contributed by atoms with van der Waals surface area (Å²) in [7, 11) is 0. The van der Waals surface area contributed by atoms with Crippen LogP contribution in [0.15, 0.2) is 182 Å². The molecule has 0 aliphatic heterocycles. The van der Waals surface area contributed by atoms with E-state index in [1.807, 2.05) is 36.4 Å². The molecule has 2 aromatic heterocycles. The Balaban J connectivity index is 1.23. The van der Waals surface area contributed by atoms with Gasteiger partial charge in [0.1, 0.15) is 0 Å². The van der Waals surface area contributed by atoms with Crippen molar-refractivity contribution in [3.05, 3.63) is 182 Å². The van der Waals surface area contributed by atoms with Crippen molar-refractivity contribution in [2.45, 2.75) is 0 Å². The molecular formula is C45H30N4. The van der Waals surface area contributed by atoms with E-state index in [0.717, 1.165) is 39.0 Å². The van der Waals surface area contributed by atoms with Gasteiger partial charge in [0.2, 0.25) is 0 Å². The molecule has 4 heteroatoms. The topological polar surface area (TPSA) is 43.6 Å². The first-order chi connectivity index (χ1) is 24.3. The van der Waals surface area contributed by atoms with Gasteiger partial charge in [-0.25, -0.2) is 15.0 Å². The molecule has 0 bridgehead atoms. The number of fused-ring (bicyclic) bond motifs is 3. The molecule has 7 aromatic carbocycles. The van der Waals surface area contributed by atoms with Gasteiger partial charge in [-0.1, -0.05) is 152 Å². The lowest BCUT2D eigenvalue weighted by Crippen LogP contribution is -2.00. The molecule has 0 saturated carbocycles. The number of nitrogens with zero attached hydrogens (tertiary/aromatic N) is 4. The normalized spacial score (nSPS) is 11.3. The number of hydrogen-bond donors (Lipinski definition) is 0. The van der Waals surface area contributed by atoms with Crippen molar-refractivity contribution in [3.8, 4) is 62.1 Å². The monoisotopic (exact) mass is 626 g/mol. The van der Waals surface area contributed by atoms with Crippen LogP contribution in [0.25, 0.3) is 83.9 Å². The summed E-state index contributed by atoms with van der Waals surface area (Å²) in [5.74, 6) is 1.91. The number of rotatable bonds is 6. The van der Waals surface area contributed by atoms with E-state index in [-0.39, 0.29) is 0 Å². The molecule has 0 atom stereocenters. The van der Waals surface area contributed by atoms with E-state index >= 15 is 0 Å². The van der Waals surface area contributed by atoms with Crippen LogP contribution in [0.5, 0.6) is 0 Å². The average molecular weight is 627 g/mol. The van der Waals surface area contributed by atoms with Crippen LogP contribution in [0.2, 0.25) is 0 Å². The van der Waals surface area contributed by atoms with Crippen molar-refractivity contribution in [1.82, 2.24) is 19.5 Å². The Kier molecular flexibility index (Phi) is 7.10. The van der Waals surface area contributed by atoms with Crippen LogP contribution in [0, 0.1) is 0 Å². The SMILES string of the molecule is c1ccc(-c2ccc(-c3nc(-c4ccccc4)nc(-c4ccc5c6cc(-c7ccccc7)ccc6n(-c6ccccc6)c5c4)n3)cc2)cc1. The molecule has 0 fully saturated rings. The zero-order valence-corrected chi connectivity index (χ0v) is 26.6. The maximum absolute atomic E-state index is 5.09. The first-order valence-corrected chi connectivity index (χ1v) is 16.5. The summed E-state index contributed by atoms with van der Waals surface area (Å²) >= 11 is 0. The Morgan fingerprint density at radius 3 is 1.33 bits per heavy atom. The lowest BCUT2D eigenvalue weighted by atomic mass is 10.0. The molecule has 0 aliphatic rings. The first-order valence-electron chi connectivity index (χ1n) is 16.5. The van der Waals surface area contributed by atoms with Crippen LogP contribution >= 0.6 is 0 Å². The summed E-state index contributed by atoms with van der Waals surface area (Å²) in [5, 5.41) is 2.38. The average Bonchev–Trinajstić information content (AvgIpc) is 3.52. The highest BCUT2D eigenvalue weighted by molar-refractivity contribution is 6.11. The minimum Gasteiger partial charge on any atom is -0.309 e. The van der Waals surface area contributed by atoms with E-state index in [2.05, 4.69) is 150 Å².